The monoisotopic (exact) mass is 169 g/mol. The molecule has 1 fully saturated rings. The molecule has 0 spiro atoms. The molecule has 0 aliphatic heterocycles. The highest BCUT2D eigenvalue weighted by atomic mass is 14.8. The smallest absolute Gasteiger partial charge is 0.00261 e. The fourth-order valence-corrected chi connectivity index (χ4v) is 2.42. The van der Waals surface area contributed by atoms with E-state index in [1.165, 1.54) is 45.1 Å². The third-order valence-electron chi connectivity index (χ3n) is 3.01. The normalized spacial score (nSPS) is 22.5. The van der Waals surface area contributed by atoms with Crippen LogP contribution in [0.15, 0.2) is 0 Å². The molecule has 0 aromatic rings. The van der Waals surface area contributed by atoms with Crippen molar-refractivity contribution in [3.05, 3.63) is 0 Å². The van der Waals surface area contributed by atoms with Gasteiger partial charge in [0.2, 0.25) is 0 Å². The van der Waals surface area contributed by atoms with Gasteiger partial charge in [0.1, 0.15) is 0 Å². The standard InChI is InChI=1S/C11H23N/c1-10(9-12-2)8-11-6-4-3-5-7-11/h10-12H,3-9H2,1-2H3/t10-/m0/s1. The first kappa shape index (κ1) is 10.0. The van der Waals surface area contributed by atoms with Crippen molar-refractivity contribution in [1.82, 2.24) is 5.32 Å². The highest BCUT2D eigenvalue weighted by Crippen LogP contribution is 2.28. The van der Waals surface area contributed by atoms with E-state index in [0.717, 1.165) is 11.8 Å². The molecule has 12 heavy (non-hydrogen) atoms. The van der Waals surface area contributed by atoms with E-state index < -0.39 is 0 Å². The summed E-state index contributed by atoms with van der Waals surface area (Å²) in [6.45, 7) is 3.56. The Balaban J connectivity index is 2.11. The van der Waals surface area contributed by atoms with Gasteiger partial charge in [-0.05, 0) is 31.8 Å². The molecule has 0 aromatic heterocycles. The first-order chi connectivity index (χ1) is 5.83. The van der Waals surface area contributed by atoms with Crippen LogP contribution in [-0.2, 0) is 0 Å². The van der Waals surface area contributed by atoms with E-state index in [1.54, 1.807) is 0 Å². The van der Waals surface area contributed by atoms with Gasteiger partial charge in [-0.1, -0.05) is 39.0 Å². The van der Waals surface area contributed by atoms with E-state index in [0.29, 0.717) is 0 Å². The van der Waals surface area contributed by atoms with Crippen LogP contribution in [0.4, 0.5) is 0 Å². The van der Waals surface area contributed by atoms with Gasteiger partial charge in [0.05, 0.1) is 0 Å². The number of rotatable bonds is 4. The fourth-order valence-electron chi connectivity index (χ4n) is 2.42. The minimum atomic E-state index is 0.873. The lowest BCUT2D eigenvalue weighted by atomic mass is 9.83. The minimum Gasteiger partial charge on any atom is -0.319 e. The van der Waals surface area contributed by atoms with Crippen LogP contribution in [0, 0.1) is 11.8 Å². The zero-order chi connectivity index (χ0) is 8.81. The van der Waals surface area contributed by atoms with Crippen LogP contribution in [0.5, 0.6) is 0 Å². The quantitative estimate of drug-likeness (QED) is 0.682. The molecule has 1 saturated carbocycles. The maximum absolute atomic E-state index is 3.26. The van der Waals surface area contributed by atoms with Gasteiger partial charge in [0.15, 0.2) is 0 Å². The van der Waals surface area contributed by atoms with Gasteiger partial charge in [0, 0.05) is 0 Å². The van der Waals surface area contributed by atoms with Crippen molar-refractivity contribution in [2.24, 2.45) is 11.8 Å². The molecule has 1 rings (SSSR count). The molecule has 1 aliphatic rings. The van der Waals surface area contributed by atoms with E-state index >= 15 is 0 Å². The Morgan fingerprint density at radius 2 is 1.92 bits per heavy atom. The van der Waals surface area contributed by atoms with Crippen molar-refractivity contribution in [1.29, 1.82) is 0 Å². The summed E-state index contributed by atoms with van der Waals surface area (Å²) in [5, 5.41) is 3.26. The summed E-state index contributed by atoms with van der Waals surface area (Å²) in [6.07, 6.45) is 8.88. The fraction of sp³-hybridized carbons (Fsp3) is 1.00. The van der Waals surface area contributed by atoms with E-state index in [-0.39, 0.29) is 0 Å². The van der Waals surface area contributed by atoms with E-state index in [1.807, 2.05) is 0 Å². The van der Waals surface area contributed by atoms with Crippen molar-refractivity contribution in [2.45, 2.75) is 45.4 Å². The zero-order valence-corrected chi connectivity index (χ0v) is 8.60. The molecule has 1 aliphatic carbocycles. The summed E-state index contributed by atoms with van der Waals surface area (Å²) in [5.74, 6) is 1.92. The van der Waals surface area contributed by atoms with Gasteiger partial charge < -0.3 is 5.32 Å². The summed E-state index contributed by atoms with van der Waals surface area (Å²) in [6, 6.07) is 0. The zero-order valence-electron chi connectivity index (χ0n) is 8.60. The second-order valence-corrected chi connectivity index (χ2v) is 4.40. The average Bonchev–Trinajstić information content (AvgIpc) is 2.06. The molecule has 72 valence electrons. The van der Waals surface area contributed by atoms with Gasteiger partial charge in [0.25, 0.3) is 0 Å². The Morgan fingerprint density at radius 3 is 2.50 bits per heavy atom. The third-order valence-corrected chi connectivity index (χ3v) is 3.01. The Hall–Kier alpha value is -0.0400. The molecule has 1 heteroatoms. The van der Waals surface area contributed by atoms with E-state index in [9.17, 15) is 0 Å². The summed E-state index contributed by atoms with van der Waals surface area (Å²) < 4.78 is 0. The molecule has 0 radical (unpaired) electrons. The third kappa shape index (κ3) is 3.57. The van der Waals surface area contributed by atoms with Gasteiger partial charge in [-0.15, -0.1) is 0 Å². The lowest BCUT2D eigenvalue weighted by Gasteiger charge is -2.24. The molecule has 0 bridgehead atoms. The summed E-state index contributed by atoms with van der Waals surface area (Å²) in [5.41, 5.74) is 0. The van der Waals surface area contributed by atoms with Crippen molar-refractivity contribution in [3.63, 3.8) is 0 Å². The van der Waals surface area contributed by atoms with Crippen molar-refractivity contribution < 1.29 is 0 Å². The largest absolute Gasteiger partial charge is 0.319 e. The second-order valence-electron chi connectivity index (χ2n) is 4.40. The van der Waals surface area contributed by atoms with Gasteiger partial charge in [-0.2, -0.15) is 0 Å². The highest BCUT2D eigenvalue weighted by molar-refractivity contribution is 4.69. The van der Waals surface area contributed by atoms with Crippen LogP contribution in [0.25, 0.3) is 0 Å². The molecule has 0 unspecified atom stereocenters. The molecule has 0 amide bonds. The first-order valence-corrected chi connectivity index (χ1v) is 5.47. The predicted octanol–water partition coefficient (Wildman–Crippen LogP) is 2.81. The Bertz CT molecular complexity index is 106. The van der Waals surface area contributed by atoms with Crippen molar-refractivity contribution in [2.75, 3.05) is 13.6 Å². The molecule has 0 aromatic carbocycles. The first-order valence-electron chi connectivity index (χ1n) is 5.47. The Morgan fingerprint density at radius 1 is 1.25 bits per heavy atom. The number of hydrogen-bond donors (Lipinski definition) is 1. The average molecular weight is 169 g/mol. The predicted molar refractivity (Wildman–Crippen MR) is 54.3 cm³/mol. The van der Waals surface area contributed by atoms with Crippen LogP contribution in [0.1, 0.15) is 45.4 Å². The van der Waals surface area contributed by atoms with Crippen LogP contribution in [-0.4, -0.2) is 13.6 Å². The maximum Gasteiger partial charge on any atom is -0.00261 e. The van der Waals surface area contributed by atoms with Crippen LogP contribution < -0.4 is 5.32 Å². The topological polar surface area (TPSA) is 12.0 Å². The van der Waals surface area contributed by atoms with Gasteiger partial charge >= 0.3 is 0 Å². The van der Waals surface area contributed by atoms with Crippen LogP contribution >= 0.6 is 0 Å². The molecule has 1 nitrogen and oxygen atoms in total. The molecule has 0 saturated heterocycles. The van der Waals surface area contributed by atoms with Gasteiger partial charge in [-0.25, -0.2) is 0 Å². The van der Waals surface area contributed by atoms with Crippen LogP contribution in [0.3, 0.4) is 0 Å². The molecule has 0 heterocycles. The summed E-state index contributed by atoms with van der Waals surface area (Å²) >= 11 is 0. The van der Waals surface area contributed by atoms with Crippen molar-refractivity contribution >= 4 is 0 Å². The molecule has 1 atom stereocenters. The molecular weight excluding hydrogens is 146 g/mol. The van der Waals surface area contributed by atoms with E-state index in [4.69, 9.17) is 0 Å². The number of nitrogens with one attached hydrogen (secondary N) is 1. The summed E-state index contributed by atoms with van der Waals surface area (Å²) in [7, 11) is 2.05. The number of hydrogen-bond acceptors (Lipinski definition) is 1. The maximum atomic E-state index is 3.26. The van der Waals surface area contributed by atoms with Gasteiger partial charge in [-0.3, -0.25) is 0 Å². The Kier molecular flexibility index (Phi) is 4.67. The lowest BCUT2D eigenvalue weighted by Crippen LogP contribution is -2.20. The Labute approximate surface area is 76.9 Å². The SMILES string of the molecule is CNC[C@@H](C)CC1CCCCC1. The minimum absolute atomic E-state index is 0.873. The summed E-state index contributed by atoms with van der Waals surface area (Å²) in [4.78, 5) is 0. The van der Waals surface area contributed by atoms with Crippen LogP contribution in [0.2, 0.25) is 0 Å². The highest BCUT2D eigenvalue weighted by Gasteiger charge is 2.15. The second kappa shape index (κ2) is 5.58. The van der Waals surface area contributed by atoms with E-state index in [2.05, 4.69) is 19.3 Å². The molecule has 1 N–H and O–H groups in total. The van der Waals surface area contributed by atoms with Crippen molar-refractivity contribution in [3.8, 4) is 0 Å². The molecular formula is C11H23N. The lowest BCUT2D eigenvalue weighted by molar-refractivity contribution is 0.294.